The lowest BCUT2D eigenvalue weighted by Crippen LogP contribution is -2.23. The maximum Gasteiger partial charge on any atom is 0.573 e. The minimum Gasteiger partial charge on any atom is -0.406 e. The molecule has 0 aliphatic carbocycles. The lowest BCUT2D eigenvalue weighted by molar-refractivity contribution is -0.274. The minimum absolute atomic E-state index is 0. The molecule has 0 atom stereocenters. The number of fused-ring (bicyclic) bond motifs is 1. The number of halogens is 4. The lowest BCUT2D eigenvalue weighted by Gasteiger charge is -2.11. The number of ether oxygens (including phenoxy) is 1. The van der Waals surface area contributed by atoms with E-state index in [-0.39, 0.29) is 42.2 Å². The largest absolute Gasteiger partial charge is 0.573 e. The molecule has 27 heavy (non-hydrogen) atoms. The minimum atomic E-state index is -4.75. The van der Waals surface area contributed by atoms with Crippen LogP contribution in [0.25, 0.3) is 0 Å². The molecule has 148 valence electrons. The molecular formula is C16H20F3IN6O. The van der Waals surface area contributed by atoms with Crippen molar-refractivity contribution in [2.75, 3.05) is 5.32 Å². The van der Waals surface area contributed by atoms with Crippen molar-refractivity contribution in [2.45, 2.75) is 45.1 Å². The third-order valence-electron chi connectivity index (χ3n) is 3.92. The number of anilines is 1. The summed E-state index contributed by atoms with van der Waals surface area (Å²) in [6.07, 6.45) is -0.519. The van der Waals surface area contributed by atoms with Gasteiger partial charge in [-0.3, -0.25) is 0 Å². The van der Waals surface area contributed by atoms with Gasteiger partial charge in [0, 0.05) is 24.7 Å². The van der Waals surface area contributed by atoms with E-state index < -0.39 is 6.36 Å². The number of aliphatic imine (C=N–C) groups is 1. The van der Waals surface area contributed by atoms with Crippen molar-refractivity contribution < 1.29 is 17.9 Å². The fourth-order valence-electron chi connectivity index (χ4n) is 2.78. The van der Waals surface area contributed by atoms with Crippen molar-refractivity contribution in [2.24, 2.45) is 10.7 Å². The van der Waals surface area contributed by atoms with Gasteiger partial charge in [0.1, 0.15) is 18.1 Å². The van der Waals surface area contributed by atoms with Gasteiger partial charge in [0.05, 0.1) is 0 Å². The Morgan fingerprint density at radius 1 is 1.26 bits per heavy atom. The second-order valence-electron chi connectivity index (χ2n) is 5.90. The lowest BCUT2D eigenvalue weighted by atomic mass is 10.2. The summed E-state index contributed by atoms with van der Waals surface area (Å²) in [5, 5.41) is 11.1. The summed E-state index contributed by atoms with van der Waals surface area (Å²) in [7, 11) is 0. The van der Waals surface area contributed by atoms with Gasteiger partial charge >= 0.3 is 6.36 Å². The standard InChI is InChI=1S/C16H19F3N6O.HI/c17-16(18,19)26-12-6-4-5-11(9-12)22-15(20)21-10-14-24-23-13-7-2-1-3-8-25(13)14;/h4-6,9H,1-3,7-8,10H2,(H3,20,21,22);1H. The smallest absolute Gasteiger partial charge is 0.406 e. The van der Waals surface area contributed by atoms with Crippen LogP contribution in [0.4, 0.5) is 18.9 Å². The summed E-state index contributed by atoms with van der Waals surface area (Å²) >= 11 is 0. The van der Waals surface area contributed by atoms with Crippen molar-refractivity contribution >= 4 is 35.6 Å². The zero-order valence-electron chi connectivity index (χ0n) is 14.4. The Kier molecular flexibility index (Phi) is 7.27. The van der Waals surface area contributed by atoms with E-state index in [2.05, 4.69) is 29.8 Å². The van der Waals surface area contributed by atoms with Crippen LogP contribution in [-0.4, -0.2) is 27.1 Å². The summed E-state index contributed by atoms with van der Waals surface area (Å²) in [5.41, 5.74) is 6.17. The molecule has 0 spiro atoms. The second-order valence-corrected chi connectivity index (χ2v) is 5.90. The molecule has 0 saturated heterocycles. The topological polar surface area (TPSA) is 90.4 Å². The van der Waals surface area contributed by atoms with Crippen LogP contribution in [-0.2, 0) is 19.5 Å². The maximum absolute atomic E-state index is 12.3. The molecule has 7 nitrogen and oxygen atoms in total. The highest BCUT2D eigenvalue weighted by Gasteiger charge is 2.31. The molecule has 3 rings (SSSR count). The van der Waals surface area contributed by atoms with Gasteiger partial charge in [0.15, 0.2) is 11.8 Å². The molecular weight excluding hydrogens is 476 g/mol. The van der Waals surface area contributed by atoms with E-state index in [1.54, 1.807) is 6.07 Å². The van der Waals surface area contributed by atoms with Crippen LogP contribution in [0.15, 0.2) is 29.3 Å². The number of benzene rings is 1. The van der Waals surface area contributed by atoms with E-state index >= 15 is 0 Å². The Labute approximate surface area is 171 Å². The number of aromatic nitrogens is 3. The second kappa shape index (κ2) is 9.24. The van der Waals surface area contributed by atoms with Gasteiger partial charge in [0.25, 0.3) is 0 Å². The van der Waals surface area contributed by atoms with Crippen LogP contribution in [0.2, 0.25) is 0 Å². The van der Waals surface area contributed by atoms with Crippen LogP contribution >= 0.6 is 24.0 Å². The number of hydrogen-bond acceptors (Lipinski definition) is 4. The molecule has 1 aromatic carbocycles. The number of alkyl halides is 3. The molecule has 0 fully saturated rings. The number of nitrogens with one attached hydrogen (secondary N) is 1. The van der Waals surface area contributed by atoms with E-state index in [1.807, 2.05) is 0 Å². The Balaban J connectivity index is 0.00000261. The molecule has 3 N–H and O–H groups in total. The van der Waals surface area contributed by atoms with Gasteiger partial charge in [-0.25, -0.2) is 4.99 Å². The summed E-state index contributed by atoms with van der Waals surface area (Å²) in [4.78, 5) is 4.20. The third kappa shape index (κ3) is 6.26. The van der Waals surface area contributed by atoms with Crippen molar-refractivity contribution in [3.63, 3.8) is 0 Å². The Morgan fingerprint density at radius 3 is 2.85 bits per heavy atom. The van der Waals surface area contributed by atoms with Gasteiger partial charge in [-0.15, -0.1) is 47.3 Å². The first-order chi connectivity index (χ1) is 12.4. The van der Waals surface area contributed by atoms with Crippen molar-refractivity contribution in [1.82, 2.24) is 14.8 Å². The molecule has 0 amide bonds. The predicted molar refractivity (Wildman–Crippen MR) is 105 cm³/mol. The Morgan fingerprint density at radius 2 is 2.07 bits per heavy atom. The molecule has 1 aliphatic heterocycles. The SMILES string of the molecule is I.NC(=NCc1nnc2n1CCCCC2)Nc1cccc(OC(F)(F)F)c1. The highest BCUT2D eigenvalue weighted by Crippen LogP contribution is 2.25. The first-order valence-electron chi connectivity index (χ1n) is 8.24. The molecule has 2 aromatic rings. The zero-order valence-corrected chi connectivity index (χ0v) is 16.7. The average Bonchev–Trinajstić information content (AvgIpc) is 2.78. The first kappa shape index (κ1) is 21.3. The van der Waals surface area contributed by atoms with Crippen LogP contribution in [0.1, 0.15) is 30.9 Å². The predicted octanol–water partition coefficient (Wildman–Crippen LogP) is 3.45. The van der Waals surface area contributed by atoms with Crippen molar-refractivity contribution in [3.05, 3.63) is 35.9 Å². The van der Waals surface area contributed by atoms with E-state index in [0.29, 0.717) is 5.69 Å². The molecule has 0 bridgehead atoms. The average molecular weight is 496 g/mol. The van der Waals surface area contributed by atoms with Gasteiger partial charge in [-0.1, -0.05) is 12.5 Å². The van der Waals surface area contributed by atoms with Crippen LogP contribution in [0.5, 0.6) is 5.75 Å². The molecule has 11 heteroatoms. The molecule has 1 aliphatic rings. The highest BCUT2D eigenvalue weighted by atomic mass is 127. The van der Waals surface area contributed by atoms with Gasteiger partial charge in [0.2, 0.25) is 0 Å². The van der Waals surface area contributed by atoms with Crippen LogP contribution < -0.4 is 15.8 Å². The van der Waals surface area contributed by atoms with E-state index in [0.717, 1.165) is 43.9 Å². The van der Waals surface area contributed by atoms with Crippen LogP contribution in [0.3, 0.4) is 0 Å². The fourth-order valence-corrected chi connectivity index (χ4v) is 2.78. The van der Waals surface area contributed by atoms with E-state index in [1.165, 1.54) is 18.2 Å². The van der Waals surface area contributed by atoms with Crippen molar-refractivity contribution in [1.29, 1.82) is 0 Å². The number of nitrogens with two attached hydrogens (primary N) is 1. The number of aryl methyl sites for hydroxylation is 1. The van der Waals surface area contributed by atoms with Gasteiger partial charge in [-0.2, -0.15) is 0 Å². The number of hydrogen-bond donors (Lipinski definition) is 2. The highest BCUT2D eigenvalue weighted by molar-refractivity contribution is 14.0. The number of rotatable bonds is 4. The van der Waals surface area contributed by atoms with Crippen molar-refractivity contribution in [3.8, 4) is 5.75 Å². The summed E-state index contributed by atoms with van der Waals surface area (Å²) in [5.74, 6) is 1.41. The Hall–Kier alpha value is -2.05. The van der Waals surface area contributed by atoms with E-state index in [4.69, 9.17) is 5.73 Å². The maximum atomic E-state index is 12.3. The first-order valence-corrected chi connectivity index (χ1v) is 8.24. The molecule has 2 heterocycles. The summed E-state index contributed by atoms with van der Waals surface area (Å²) in [6.45, 7) is 1.10. The van der Waals surface area contributed by atoms with Crippen LogP contribution in [0, 0.1) is 0 Å². The number of nitrogens with zero attached hydrogens (tertiary/aromatic N) is 4. The normalized spacial score (nSPS) is 14.7. The third-order valence-corrected chi connectivity index (χ3v) is 3.92. The molecule has 0 saturated carbocycles. The fraction of sp³-hybridized carbons (Fsp3) is 0.438. The summed E-state index contributed by atoms with van der Waals surface area (Å²) in [6, 6.07) is 5.39. The Bertz CT molecular complexity index is 793. The summed E-state index contributed by atoms with van der Waals surface area (Å²) < 4.78 is 42.8. The zero-order chi connectivity index (χ0) is 18.6. The monoisotopic (exact) mass is 496 g/mol. The molecule has 0 radical (unpaired) electrons. The van der Waals surface area contributed by atoms with Gasteiger partial charge < -0.3 is 20.4 Å². The number of guanidine groups is 1. The van der Waals surface area contributed by atoms with E-state index in [9.17, 15) is 13.2 Å². The molecule has 0 unspecified atom stereocenters. The quantitative estimate of drug-likeness (QED) is 0.385. The molecule has 1 aromatic heterocycles. The van der Waals surface area contributed by atoms with Gasteiger partial charge in [-0.05, 0) is 25.0 Å².